The molecule has 1 aromatic heterocycles. The lowest BCUT2D eigenvalue weighted by Crippen LogP contribution is -2.37. The van der Waals surface area contributed by atoms with Gasteiger partial charge in [-0.1, -0.05) is 6.07 Å². The van der Waals surface area contributed by atoms with Crippen molar-refractivity contribution in [3.63, 3.8) is 0 Å². The molecule has 1 N–H and O–H groups in total. The fourth-order valence-electron chi connectivity index (χ4n) is 2.56. The molecule has 6 nitrogen and oxygen atoms in total. The molecule has 120 valence electrons. The van der Waals surface area contributed by atoms with Crippen molar-refractivity contribution in [3.8, 4) is 0 Å². The van der Waals surface area contributed by atoms with E-state index in [-0.39, 0.29) is 24.3 Å². The lowest BCUT2D eigenvalue weighted by molar-refractivity contribution is -0.117. The Bertz CT molecular complexity index is 754. The maximum absolute atomic E-state index is 13.8. The van der Waals surface area contributed by atoms with Gasteiger partial charge in [0.15, 0.2) is 0 Å². The summed E-state index contributed by atoms with van der Waals surface area (Å²) < 4.78 is 29.2. The summed E-state index contributed by atoms with van der Waals surface area (Å²) in [5.41, 5.74) is -0.164. The summed E-state index contributed by atoms with van der Waals surface area (Å²) in [6.07, 6.45) is 3.00. The number of anilines is 1. The van der Waals surface area contributed by atoms with Crippen molar-refractivity contribution >= 4 is 17.5 Å². The van der Waals surface area contributed by atoms with Crippen LogP contribution < -0.4 is 10.2 Å². The molecular formula is C15H14F2N4O2. The van der Waals surface area contributed by atoms with Gasteiger partial charge in [-0.05, 0) is 12.1 Å². The average molecular weight is 320 g/mol. The van der Waals surface area contributed by atoms with E-state index in [0.29, 0.717) is 0 Å². The quantitative estimate of drug-likeness (QED) is 0.925. The first kappa shape index (κ1) is 15.1. The molecule has 1 saturated heterocycles. The van der Waals surface area contributed by atoms with Gasteiger partial charge in [0.25, 0.3) is 5.91 Å². The van der Waals surface area contributed by atoms with E-state index in [2.05, 4.69) is 10.3 Å². The van der Waals surface area contributed by atoms with Crippen LogP contribution in [0, 0.1) is 11.6 Å². The minimum atomic E-state index is -0.810. The Hall–Kier alpha value is -2.77. The van der Waals surface area contributed by atoms with E-state index >= 15 is 0 Å². The van der Waals surface area contributed by atoms with Gasteiger partial charge in [0.05, 0.1) is 12.4 Å². The van der Waals surface area contributed by atoms with Gasteiger partial charge in [-0.3, -0.25) is 9.59 Å². The van der Waals surface area contributed by atoms with Crippen LogP contribution in [0.25, 0.3) is 0 Å². The number of nitrogens with one attached hydrogen (secondary N) is 1. The lowest BCUT2D eigenvalue weighted by Gasteiger charge is -2.18. The van der Waals surface area contributed by atoms with Gasteiger partial charge in [-0.25, -0.2) is 13.8 Å². The van der Waals surface area contributed by atoms with Crippen LogP contribution in [0.15, 0.2) is 30.7 Å². The van der Waals surface area contributed by atoms with E-state index < -0.39 is 29.5 Å². The third kappa shape index (κ3) is 2.92. The van der Waals surface area contributed by atoms with Gasteiger partial charge in [-0.2, -0.15) is 0 Å². The van der Waals surface area contributed by atoms with Gasteiger partial charge in [0, 0.05) is 26.2 Å². The minimum Gasteiger partial charge on any atom is -0.346 e. The van der Waals surface area contributed by atoms with Crippen molar-refractivity contribution in [1.29, 1.82) is 0 Å². The number of imidazole rings is 1. The van der Waals surface area contributed by atoms with Gasteiger partial charge < -0.3 is 14.8 Å². The topological polar surface area (TPSA) is 67.2 Å². The third-order valence-corrected chi connectivity index (χ3v) is 3.61. The Morgan fingerprint density at radius 2 is 2.04 bits per heavy atom. The van der Waals surface area contributed by atoms with Crippen LogP contribution in [0.5, 0.6) is 0 Å². The molecule has 1 aliphatic heterocycles. The zero-order valence-electron chi connectivity index (χ0n) is 12.3. The molecule has 2 heterocycles. The SMILES string of the molecule is Cn1cnc(C(=O)N[C@@H]2CC(=O)N(c3c(F)cccc3F)C2)c1. The summed E-state index contributed by atoms with van der Waals surface area (Å²) in [7, 11) is 1.73. The molecule has 2 aromatic rings. The van der Waals surface area contributed by atoms with Crippen molar-refractivity contribution in [3.05, 3.63) is 48.1 Å². The molecule has 2 amide bonds. The van der Waals surface area contributed by atoms with Crippen molar-refractivity contribution in [1.82, 2.24) is 14.9 Å². The lowest BCUT2D eigenvalue weighted by atomic mass is 10.2. The van der Waals surface area contributed by atoms with E-state index in [4.69, 9.17) is 0 Å². The van der Waals surface area contributed by atoms with E-state index in [1.807, 2.05) is 0 Å². The number of amides is 2. The fourth-order valence-corrected chi connectivity index (χ4v) is 2.56. The smallest absolute Gasteiger partial charge is 0.271 e. The number of rotatable bonds is 3. The number of hydrogen-bond acceptors (Lipinski definition) is 3. The minimum absolute atomic E-state index is 0.00919. The molecule has 0 aliphatic carbocycles. The molecule has 8 heteroatoms. The summed E-state index contributed by atoms with van der Waals surface area (Å²) in [6, 6.07) is 2.88. The number of nitrogens with zero attached hydrogens (tertiary/aromatic N) is 3. The monoisotopic (exact) mass is 320 g/mol. The van der Waals surface area contributed by atoms with Crippen molar-refractivity contribution in [2.45, 2.75) is 12.5 Å². The Morgan fingerprint density at radius 3 is 2.65 bits per heavy atom. The highest BCUT2D eigenvalue weighted by Gasteiger charge is 2.34. The summed E-state index contributed by atoms with van der Waals surface area (Å²) in [5.74, 6) is -2.50. The molecule has 0 saturated carbocycles. The highest BCUT2D eigenvalue weighted by molar-refractivity contribution is 5.98. The maximum Gasteiger partial charge on any atom is 0.271 e. The van der Waals surface area contributed by atoms with Gasteiger partial charge >= 0.3 is 0 Å². The first-order valence-electron chi connectivity index (χ1n) is 6.99. The second-order valence-corrected chi connectivity index (χ2v) is 5.37. The number of hydrogen-bond donors (Lipinski definition) is 1. The molecule has 1 atom stereocenters. The van der Waals surface area contributed by atoms with Crippen LogP contribution in [0.3, 0.4) is 0 Å². The van der Waals surface area contributed by atoms with E-state index in [9.17, 15) is 18.4 Å². The molecule has 1 aromatic carbocycles. The average Bonchev–Trinajstić information content (AvgIpc) is 3.06. The number of carbonyl (C=O) groups excluding carboxylic acids is 2. The number of aromatic nitrogens is 2. The molecule has 3 rings (SSSR count). The Labute approximate surface area is 130 Å². The maximum atomic E-state index is 13.8. The number of halogens is 2. The predicted octanol–water partition coefficient (Wildman–Crippen LogP) is 1.23. The summed E-state index contributed by atoms with van der Waals surface area (Å²) in [5, 5.41) is 2.66. The Balaban J connectivity index is 1.74. The Kier molecular flexibility index (Phi) is 3.81. The fraction of sp³-hybridized carbons (Fsp3) is 0.267. The van der Waals surface area contributed by atoms with Gasteiger partial charge in [-0.15, -0.1) is 0 Å². The predicted molar refractivity (Wildman–Crippen MR) is 77.8 cm³/mol. The number of carbonyl (C=O) groups is 2. The third-order valence-electron chi connectivity index (χ3n) is 3.61. The van der Waals surface area contributed by atoms with E-state index in [1.54, 1.807) is 17.8 Å². The van der Waals surface area contributed by atoms with Crippen LogP contribution >= 0.6 is 0 Å². The van der Waals surface area contributed by atoms with Crippen LogP contribution in [0.2, 0.25) is 0 Å². The molecule has 23 heavy (non-hydrogen) atoms. The largest absolute Gasteiger partial charge is 0.346 e. The zero-order valence-corrected chi connectivity index (χ0v) is 12.3. The van der Waals surface area contributed by atoms with E-state index in [0.717, 1.165) is 17.0 Å². The normalized spacial score (nSPS) is 17.6. The van der Waals surface area contributed by atoms with Crippen molar-refractivity contribution in [2.24, 2.45) is 7.05 Å². The van der Waals surface area contributed by atoms with Gasteiger partial charge in [0.2, 0.25) is 5.91 Å². The highest BCUT2D eigenvalue weighted by Crippen LogP contribution is 2.27. The van der Waals surface area contributed by atoms with Gasteiger partial charge in [0.1, 0.15) is 23.0 Å². The van der Waals surface area contributed by atoms with Crippen molar-refractivity contribution in [2.75, 3.05) is 11.4 Å². The van der Waals surface area contributed by atoms with Crippen LogP contribution in [0.1, 0.15) is 16.9 Å². The highest BCUT2D eigenvalue weighted by atomic mass is 19.1. The standard InChI is InChI=1S/C15H14F2N4O2/c1-20-7-12(18-8-20)15(23)19-9-5-13(22)21(6-9)14-10(16)3-2-4-11(14)17/h2-4,7-9H,5-6H2,1H3,(H,19,23)/t9-/m1/s1. The molecule has 1 fully saturated rings. The molecule has 0 spiro atoms. The molecular weight excluding hydrogens is 306 g/mol. The summed E-state index contributed by atoms with van der Waals surface area (Å²) in [4.78, 5) is 29.0. The van der Waals surface area contributed by atoms with E-state index in [1.165, 1.54) is 12.4 Å². The first-order valence-corrected chi connectivity index (χ1v) is 6.99. The van der Waals surface area contributed by atoms with Crippen LogP contribution in [-0.2, 0) is 11.8 Å². The molecule has 0 radical (unpaired) electrons. The molecule has 1 aliphatic rings. The number of aryl methyl sites for hydroxylation is 1. The molecule has 0 unspecified atom stereocenters. The molecule has 0 bridgehead atoms. The van der Waals surface area contributed by atoms with Crippen LogP contribution in [0.4, 0.5) is 14.5 Å². The Morgan fingerprint density at radius 1 is 1.35 bits per heavy atom. The summed E-state index contributed by atoms with van der Waals surface area (Å²) >= 11 is 0. The second kappa shape index (κ2) is 5.79. The number of para-hydroxylation sites is 1. The van der Waals surface area contributed by atoms with Crippen molar-refractivity contribution < 1.29 is 18.4 Å². The first-order chi connectivity index (χ1) is 11.0. The number of benzene rings is 1. The van der Waals surface area contributed by atoms with Crippen LogP contribution in [-0.4, -0.2) is 34.0 Å². The second-order valence-electron chi connectivity index (χ2n) is 5.37. The zero-order chi connectivity index (χ0) is 16.6. The summed E-state index contributed by atoms with van der Waals surface area (Å²) in [6.45, 7) is 0.00919.